The molecule has 1 rings (SSSR count). The van der Waals surface area contributed by atoms with Gasteiger partial charge in [0, 0.05) is 12.6 Å². The molecule has 0 radical (unpaired) electrons. The van der Waals surface area contributed by atoms with E-state index in [1.807, 2.05) is 0 Å². The van der Waals surface area contributed by atoms with Crippen LogP contribution in [-0.2, 0) is 0 Å². The summed E-state index contributed by atoms with van der Waals surface area (Å²) in [5, 5.41) is 8.70. The van der Waals surface area contributed by atoms with E-state index in [4.69, 9.17) is 5.11 Å². The highest BCUT2D eigenvalue weighted by Crippen LogP contribution is 2.22. The Balaban J connectivity index is 2.23. The molecular weight excluding hydrogens is 162 g/mol. The first-order valence-corrected chi connectivity index (χ1v) is 5.60. The maximum atomic E-state index is 8.70. The Kier molecular flexibility index (Phi) is 4.74. The van der Waals surface area contributed by atoms with E-state index in [2.05, 4.69) is 18.7 Å². The third-order valence-electron chi connectivity index (χ3n) is 3.36. The van der Waals surface area contributed by atoms with Gasteiger partial charge < -0.3 is 10.0 Å². The van der Waals surface area contributed by atoms with Gasteiger partial charge in [-0.25, -0.2) is 0 Å². The molecule has 0 aromatic rings. The molecule has 0 spiro atoms. The zero-order valence-electron chi connectivity index (χ0n) is 9.00. The van der Waals surface area contributed by atoms with Crippen LogP contribution in [0.25, 0.3) is 0 Å². The summed E-state index contributed by atoms with van der Waals surface area (Å²) in [6, 6.07) is 0.743. The quantitative estimate of drug-likeness (QED) is 0.676. The van der Waals surface area contributed by atoms with Crippen LogP contribution in [0.3, 0.4) is 0 Å². The van der Waals surface area contributed by atoms with Crippen LogP contribution in [0.15, 0.2) is 0 Å². The molecule has 0 aromatic heterocycles. The van der Waals surface area contributed by atoms with Crippen LogP contribution >= 0.6 is 0 Å². The predicted molar refractivity (Wildman–Crippen MR) is 55.8 cm³/mol. The van der Waals surface area contributed by atoms with Crippen LogP contribution in [0.1, 0.15) is 39.5 Å². The first-order chi connectivity index (χ1) is 6.25. The minimum Gasteiger partial charge on any atom is -0.396 e. The van der Waals surface area contributed by atoms with Crippen molar-refractivity contribution >= 4 is 0 Å². The van der Waals surface area contributed by atoms with E-state index in [9.17, 15) is 0 Å². The van der Waals surface area contributed by atoms with Crippen molar-refractivity contribution < 1.29 is 5.11 Å². The van der Waals surface area contributed by atoms with Gasteiger partial charge in [-0.05, 0) is 51.6 Å². The molecule has 0 aliphatic carbocycles. The summed E-state index contributed by atoms with van der Waals surface area (Å²) in [6.07, 6.45) is 4.84. The molecule has 1 fully saturated rings. The first-order valence-electron chi connectivity index (χ1n) is 5.60. The molecule has 78 valence electrons. The molecule has 0 aromatic carbocycles. The minimum absolute atomic E-state index is 0.345. The third kappa shape index (κ3) is 3.28. The predicted octanol–water partition coefficient (Wildman–Crippen LogP) is 1.88. The molecule has 2 heteroatoms. The lowest BCUT2D eigenvalue weighted by Gasteiger charge is -2.37. The summed E-state index contributed by atoms with van der Waals surface area (Å²) in [4.78, 5) is 2.57. The Bertz CT molecular complexity index is 138. The van der Waals surface area contributed by atoms with Gasteiger partial charge in [0.1, 0.15) is 0 Å². The van der Waals surface area contributed by atoms with Gasteiger partial charge in [-0.2, -0.15) is 0 Å². The smallest absolute Gasteiger partial charge is 0.0431 e. The summed E-state index contributed by atoms with van der Waals surface area (Å²) in [5.41, 5.74) is 0. The summed E-state index contributed by atoms with van der Waals surface area (Å²) in [5.74, 6) is 0.850. The standard InChI is InChI=1S/C11H23NO/c1-10-6-5-8-12(11(10)2)7-3-4-9-13/h10-11,13H,3-9H2,1-2H3. The van der Waals surface area contributed by atoms with Crippen molar-refractivity contribution in [1.29, 1.82) is 0 Å². The molecular formula is C11H23NO. The van der Waals surface area contributed by atoms with E-state index >= 15 is 0 Å². The molecule has 0 bridgehead atoms. The fourth-order valence-electron chi connectivity index (χ4n) is 2.16. The summed E-state index contributed by atoms with van der Waals surface area (Å²) in [6.45, 7) is 7.46. The van der Waals surface area contributed by atoms with Gasteiger partial charge in [0.25, 0.3) is 0 Å². The monoisotopic (exact) mass is 185 g/mol. The highest BCUT2D eigenvalue weighted by Gasteiger charge is 2.23. The van der Waals surface area contributed by atoms with E-state index in [1.54, 1.807) is 0 Å². The molecule has 2 nitrogen and oxygen atoms in total. The average molecular weight is 185 g/mol. The number of likely N-dealkylation sites (tertiary alicyclic amines) is 1. The Labute approximate surface area is 81.9 Å². The van der Waals surface area contributed by atoms with E-state index in [0.29, 0.717) is 6.61 Å². The first kappa shape index (κ1) is 11.0. The fraction of sp³-hybridized carbons (Fsp3) is 1.00. The number of nitrogens with zero attached hydrogens (tertiary/aromatic N) is 1. The number of piperidine rings is 1. The van der Waals surface area contributed by atoms with Gasteiger partial charge in [0.15, 0.2) is 0 Å². The van der Waals surface area contributed by atoms with Crippen molar-refractivity contribution in [1.82, 2.24) is 4.90 Å². The normalized spacial score (nSPS) is 30.7. The highest BCUT2D eigenvalue weighted by atomic mass is 16.2. The van der Waals surface area contributed by atoms with E-state index < -0.39 is 0 Å². The SMILES string of the molecule is CC1CCCN(CCCCO)C1C. The molecule has 13 heavy (non-hydrogen) atoms. The van der Waals surface area contributed by atoms with Crippen LogP contribution in [0.5, 0.6) is 0 Å². The van der Waals surface area contributed by atoms with Gasteiger partial charge in [-0.3, -0.25) is 0 Å². The second-order valence-electron chi connectivity index (χ2n) is 4.33. The van der Waals surface area contributed by atoms with Crippen LogP contribution in [0.4, 0.5) is 0 Å². The maximum Gasteiger partial charge on any atom is 0.0431 e. The molecule has 0 saturated carbocycles. The molecule has 1 aliphatic heterocycles. The van der Waals surface area contributed by atoms with Crippen LogP contribution in [0.2, 0.25) is 0 Å². The minimum atomic E-state index is 0.345. The molecule has 1 N–H and O–H groups in total. The summed E-state index contributed by atoms with van der Waals surface area (Å²) < 4.78 is 0. The van der Waals surface area contributed by atoms with Crippen molar-refractivity contribution in [3.8, 4) is 0 Å². The Morgan fingerprint density at radius 3 is 2.77 bits per heavy atom. The maximum absolute atomic E-state index is 8.70. The number of unbranched alkanes of at least 4 members (excludes halogenated alkanes) is 1. The van der Waals surface area contributed by atoms with Gasteiger partial charge in [-0.1, -0.05) is 6.92 Å². The van der Waals surface area contributed by atoms with Gasteiger partial charge in [-0.15, -0.1) is 0 Å². The number of aliphatic hydroxyl groups excluding tert-OH is 1. The Hall–Kier alpha value is -0.0800. The average Bonchev–Trinajstić information content (AvgIpc) is 2.13. The van der Waals surface area contributed by atoms with E-state index in [0.717, 1.165) is 24.8 Å². The number of hydrogen-bond acceptors (Lipinski definition) is 2. The highest BCUT2D eigenvalue weighted by molar-refractivity contribution is 4.78. The third-order valence-corrected chi connectivity index (χ3v) is 3.36. The van der Waals surface area contributed by atoms with Crippen molar-refractivity contribution in [2.75, 3.05) is 19.7 Å². The second kappa shape index (κ2) is 5.61. The van der Waals surface area contributed by atoms with Gasteiger partial charge in [0.2, 0.25) is 0 Å². The molecule has 2 atom stereocenters. The van der Waals surface area contributed by atoms with Crippen molar-refractivity contribution in [3.05, 3.63) is 0 Å². The number of aliphatic hydroxyl groups is 1. The Morgan fingerprint density at radius 1 is 1.31 bits per heavy atom. The molecule has 1 heterocycles. The largest absolute Gasteiger partial charge is 0.396 e. The van der Waals surface area contributed by atoms with Crippen molar-refractivity contribution in [2.45, 2.75) is 45.6 Å². The van der Waals surface area contributed by atoms with Crippen LogP contribution in [-0.4, -0.2) is 35.7 Å². The van der Waals surface area contributed by atoms with Crippen LogP contribution < -0.4 is 0 Å². The lowest BCUT2D eigenvalue weighted by atomic mass is 9.92. The number of hydrogen-bond donors (Lipinski definition) is 1. The number of rotatable bonds is 4. The van der Waals surface area contributed by atoms with Crippen molar-refractivity contribution in [2.24, 2.45) is 5.92 Å². The van der Waals surface area contributed by atoms with Crippen LogP contribution in [0, 0.1) is 5.92 Å². The topological polar surface area (TPSA) is 23.5 Å². The Morgan fingerprint density at radius 2 is 2.08 bits per heavy atom. The molecule has 1 aliphatic rings. The van der Waals surface area contributed by atoms with Gasteiger partial charge in [0.05, 0.1) is 0 Å². The lowest BCUT2D eigenvalue weighted by molar-refractivity contribution is 0.109. The summed E-state index contributed by atoms with van der Waals surface area (Å²) >= 11 is 0. The molecule has 0 amide bonds. The molecule has 1 saturated heterocycles. The molecule has 2 unspecified atom stereocenters. The zero-order valence-corrected chi connectivity index (χ0v) is 9.00. The fourth-order valence-corrected chi connectivity index (χ4v) is 2.16. The zero-order chi connectivity index (χ0) is 9.68. The van der Waals surface area contributed by atoms with E-state index in [-0.39, 0.29) is 0 Å². The summed E-state index contributed by atoms with van der Waals surface area (Å²) in [7, 11) is 0. The second-order valence-corrected chi connectivity index (χ2v) is 4.33. The van der Waals surface area contributed by atoms with E-state index in [1.165, 1.54) is 25.9 Å². The van der Waals surface area contributed by atoms with Gasteiger partial charge >= 0.3 is 0 Å². The van der Waals surface area contributed by atoms with Crippen molar-refractivity contribution in [3.63, 3.8) is 0 Å². The lowest BCUT2D eigenvalue weighted by Crippen LogP contribution is -2.42.